The molecule has 0 bridgehead atoms. The van der Waals surface area contributed by atoms with Crippen LogP contribution in [-0.2, 0) is 0 Å². The van der Waals surface area contributed by atoms with Crippen LogP contribution in [-0.4, -0.2) is 0 Å². The molecule has 0 saturated heterocycles. The van der Waals surface area contributed by atoms with E-state index in [0.29, 0.717) is 5.92 Å². The number of hydrogen-bond donors (Lipinski definition) is 0. The molecule has 0 heteroatoms. The molecule has 68 valence electrons. The van der Waals surface area contributed by atoms with Gasteiger partial charge in [-0.15, -0.1) is 0 Å². The third-order valence-electron chi connectivity index (χ3n) is 2.29. The molecule has 12 heavy (non-hydrogen) atoms. The highest BCUT2D eigenvalue weighted by atomic mass is 14.0. The Balaban J connectivity index is 4.04. The predicted octanol–water partition coefficient (Wildman–Crippen LogP) is 4.11. The van der Waals surface area contributed by atoms with Gasteiger partial charge in [0.05, 0.1) is 0 Å². The molecule has 0 saturated carbocycles. The summed E-state index contributed by atoms with van der Waals surface area (Å²) < 4.78 is 0. The molecule has 0 aromatic carbocycles. The Kier molecular flexibility index (Phi) is 4.65. The molecule has 0 aliphatic carbocycles. The van der Waals surface area contributed by atoms with E-state index in [9.17, 15) is 0 Å². The highest BCUT2D eigenvalue weighted by Crippen LogP contribution is 2.15. The van der Waals surface area contributed by atoms with Crippen LogP contribution < -0.4 is 0 Å². The molecule has 0 aromatic rings. The van der Waals surface area contributed by atoms with Crippen molar-refractivity contribution in [2.75, 3.05) is 0 Å². The second-order valence-corrected chi connectivity index (χ2v) is 3.65. The van der Waals surface area contributed by atoms with Crippen LogP contribution in [0.1, 0.15) is 34.1 Å². The van der Waals surface area contributed by atoms with Gasteiger partial charge in [-0.05, 0) is 33.1 Å². The van der Waals surface area contributed by atoms with Crippen LogP contribution in [0.2, 0.25) is 0 Å². The average molecular weight is 164 g/mol. The lowest BCUT2D eigenvalue weighted by atomic mass is 9.98. The van der Waals surface area contributed by atoms with E-state index in [4.69, 9.17) is 0 Å². The number of allylic oxidation sites excluding steroid dienone is 4. The van der Waals surface area contributed by atoms with Crippen molar-refractivity contribution in [3.05, 3.63) is 36.0 Å². The molecule has 0 nitrogen and oxygen atoms in total. The van der Waals surface area contributed by atoms with Gasteiger partial charge in [0.1, 0.15) is 0 Å². The topological polar surface area (TPSA) is 0 Å². The molecular weight excluding hydrogens is 144 g/mol. The Morgan fingerprint density at radius 3 is 2.08 bits per heavy atom. The van der Waals surface area contributed by atoms with Gasteiger partial charge in [0, 0.05) is 0 Å². The molecule has 1 unspecified atom stereocenters. The van der Waals surface area contributed by atoms with Gasteiger partial charge in [-0.2, -0.15) is 0 Å². The molecule has 0 N–H and O–H groups in total. The van der Waals surface area contributed by atoms with Crippen LogP contribution in [0.3, 0.4) is 0 Å². The maximum atomic E-state index is 3.93. The van der Waals surface area contributed by atoms with Crippen LogP contribution >= 0.6 is 0 Å². The van der Waals surface area contributed by atoms with Gasteiger partial charge >= 0.3 is 0 Å². The maximum Gasteiger partial charge on any atom is -0.0202 e. The minimum Gasteiger partial charge on any atom is -0.0999 e. The van der Waals surface area contributed by atoms with E-state index in [2.05, 4.69) is 40.0 Å². The van der Waals surface area contributed by atoms with Crippen molar-refractivity contribution in [2.45, 2.75) is 34.1 Å². The average Bonchev–Trinajstić information content (AvgIpc) is 1.98. The van der Waals surface area contributed by atoms with Crippen molar-refractivity contribution in [3.8, 4) is 0 Å². The Bertz CT molecular complexity index is 206. The van der Waals surface area contributed by atoms with Crippen molar-refractivity contribution >= 4 is 0 Å². The Hall–Kier alpha value is -0.780. The molecule has 0 rings (SSSR count). The minimum absolute atomic E-state index is 0.583. The fraction of sp³-hybridized carbons (Fsp3) is 0.500. The first kappa shape index (κ1) is 11.2. The lowest BCUT2D eigenvalue weighted by Crippen LogP contribution is -1.93. The third kappa shape index (κ3) is 4.17. The SMILES string of the molecule is C=C(C)C(C)=CCC(C)C(=C)C. The summed E-state index contributed by atoms with van der Waals surface area (Å²) in [7, 11) is 0. The molecule has 1 atom stereocenters. The highest BCUT2D eigenvalue weighted by Gasteiger charge is 1.99. The zero-order valence-corrected chi connectivity index (χ0v) is 8.78. The van der Waals surface area contributed by atoms with E-state index in [0.717, 1.165) is 12.0 Å². The first-order chi connectivity index (χ1) is 5.45. The van der Waals surface area contributed by atoms with E-state index in [-0.39, 0.29) is 0 Å². The minimum atomic E-state index is 0.583. The van der Waals surface area contributed by atoms with Crippen LogP contribution in [0, 0.1) is 5.92 Å². The van der Waals surface area contributed by atoms with Crippen molar-refractivity contribution in [1.82, 2.24) is 0 Å². The van der Waals surface area contributed by atoms with Crippen molar-refractivity contribution < 1.29 is 0 Å². The second kappa shape index (κ2) is 4.97. The molecule has 0 heterocycles. The lowest BCUT2D eigenvalue weighted by Gasteiger charge is -2.08. The summed E-state index contributed by atoms with van der Waals surface area (Å²) in [4.78, 5) is 0. The summed E-state index contributed by atoms with van der Waals surface area (Å²) in [5.41, 5.74) is 3.70. The van der Waals surface area contributed by atoms with Crippen LogP contribution in [0.15, 0.2) is 36.0 Å². The summed E-state index contributed by atoms with van der Waals surface area (Å²) in [6.07, 6.45) is 3.32. The van der Waals surface area contributed by atoms with Crippen LogP contribution in [0.4, 0.5) is 0 Å². The summed E-state index contributed by atoms with van der Waals surface area (Å²) in [5, 5.41) is 0. The smallest absolute Gasteiger partial charge is 0.0202 e. The van der Waals surface area contributed by atoms with E-state index in [1.54, 1.807) is 0 Å². The normalized spacial score (nSPS) is 14.2. The van der Waals surface area contributed by atoms with Gasteiger partial charge in [0.25, 0.3) is 0 Å². The summed E-state index contributed by atoms with van der Waals surface area (Å²) in [5.74, 6) is 0.583. The molecule has 0 aromatic heterocycles. The monoisotopic (exact) mass is 164 g/mol. The van der Waals surface area contributed by atoms with Gasteiger partial charge in [-0.25, -0.2) is 0 Å². The quantitative estimate of drug-likeness (QED) is 0.433. The largest absolute Gasteiger partial charge is 0.0999 e. The molecule has 0 radical (unpaired) electrons. The van der Waals surface area contributed by atoms with Gasteiger partial charge in [0.2, 0.25) is 0 Å². The summed E-state index contributed by atoms with van der Waals surface area (Å²) >= 11 is 0. The Labute approximate surface area is 76.7 Å². The van der Waals surface area contributed by atoms with Crippen molar-refractivity contribution in [3.63, 3.8) is 0 Å². The third-order valence-corrected chi connectivity index (χ3v) is 2.29. The zero-order valence-electron chi connectivity index (χ0n) is 8.78. The molecule has 0 fully saturated rings. The Morgan fingerprint density at radius 1 is 1.25 bits per heavy atom. The van der Waals surface area contributed by atoms with Gasteiger partial charge in [-0.1, -0.05) is 42.9 Å². The summed E-state index contributed by atoms with van der Waals surface area (Å²) in [6, 6.07) is 0. The highest BCUT2D eigenvalue weighted by molar-refractivity contribution is 5.23. The molecule has 0 spiro atoms. The maximum absolute atomic E-state index is 3.93. The van der Waals surface area contributed by atoms with Crippen molar-refractivity contribution in [1.29, 1.82) is 0 Å². The Morgan fingerprint density at radius 2 is 1.75 bits per heavy atom. The molecule has 0 aliphatic heterocycles. The first-order valence-electron chi connectivity index (χ1n) is 4.43. The zero-order chi connectivity index (χ0) is 9.72. The molecule has 0 amide bonds. The fourth-order valence-corrected chi connectivity index (χ4v) is 0.729. The van der Waals surface area contributed by atoms with Gasteiger partial charge < -0.3 is 0 Å². The number of hydrogen-bond acceptors (Lipinski definition) is 0. The predicted molar refractivity (Wildman–Crippen MR) is 57.2 cm³/mol. The van der Waals surface area contributed by atoms with E-state index < -0.39 is 0 Å². The van der Waals surface area contributed by atoms with Crippen LogP contribution in [0.5, 0.6) is 0 Å². The first-order valence-corrected chi connectivity index (χ1v) is 4.43. The van der Waals surface area contributed by atoms with E-state index in [1.807, 2.05) is 6.92 Å². The lowest BCUT2D eigenvalue weighted by molar-refractivity contribution is 0.695. The van der Waals surface area contributed by atoms with Crippen molar-refractivity contribution in [2.24, 2.45) is 5.92 Å². The number of rotatable bonds is 4. The van der Waals surface area contributed by atoms with Gasteiger partial charge in [-0.3, -0.25) is 0 Å². The second-order valence-electron chi connectivity index (χ2n) is 3.65. The summed E-state index contributed by atoms with van der Waals surface area (Å²) in [6.45, 7) is 16.2. The van der Waals surface area contributed by atoms with E-state index >= 15 is 0 Å². The standard InChI is InChI=1S/C12H20/c1-9(2)11(5)7-8-12(6)10(3)4/h7,12H,1,3,8H2,2,4-6H3. The van der Waals surface area contributed by atoms with Crippen LogP contribution in [0.25, 0.3) is 0 Å². The molecule has 0 aliphatic rings. The fourth-order valence-electron chi connectivity index (χ4n) is 0.729. The molecular formula is C12H20. The van der Waals surface area contributed by atoms with E-state index in [1.165, 1.54) is 11.1 Å². The van der Waals surface area contributed by atoms with Gasteiger partial charge in [0.15, 0.2) is 0 Å².